The smallest absolute Gasteiger partial charge is 0.300 e. The van der Waals surface area contributed by atoms with Gasteiger partial charge in [-0.1, -0.05) is 0 Å². The number of hydrogen-bond donors (Lipinski definition) is 2. The molecule has 0 saturated heterocycles. The molecule has 1 rings (SSSR count). The van der Waals surface area contributed by atoms with Gasteiger partial charge < -0.3 is 10.4 Å². The van der Waals surface area contributed by atoms with Crippen LogP contribution >= 0.6 is 0 Å². The second kappa shape index (κ2) is 5.99. The van der Waals surface area contributed by atoms with Crippen LogP contribution in [0, 0.1) is 0 Å². The van der Waals surface area contributed by atoms with Gasteiger partial charge in [-0.25, -0.2) is 4.68 Å². The minimum Gasteiger partial charge on any atom is -0.481 e. The zero-order valence-electron chi connectivity index (χ0n) is 7.98. The molecule has 0 saturated carbocycles. The van der Waals surface area contributed by atoms with E-state index >= 15 is 0 Å². The molecule has 0 aliphatic carbocycles. The lowest BCUT2D eigenvalue weighted by Gasteiger charge is -1.98. The minimum absolute atomic E-state index is 0.817. The maximum atomic E-state index is 9.00. The largest absolute Gasteiger partial charge is 0.481 e. The number of aryl methyl sites for hydroxylation is 1. The van der Waals surface area contributed by atoms with Crippen LogP contribution in [0.15, 0.2) is 6.33 Å². The van der Waals surface area contributed by atoms with Gasteiger partial charge in [0.15, 0.2) is 0 Å². The van der Waals surface area contributed by atoms with Crippen LogP contribution in [0.5, 0.6) is 0 Å². The van der Waals surface area contributed by atoms with E-state index < -0.39 is 5.97 Å². The van der Waals surface area contributed by atoms with Gasteiger partial charge in [-0.05, 0) is 6.92 Å². The molecular formula is C7H14N4O2. The number of carboxylic acids is 1. The summed E-state index contributed by atoms with van der Waals surface area (Å²) in [5, 5.41) is 14.3. The molecule has 2 N–H and O–H groups in total. The van der Waals surface area contributed by atoms with E-state index in [1.54, 1.807) is 4.68 Å². The predicted molar refractivity (Wildman–Crippen MR) is 48.6 cm³/mol. The molecule has 0 spiro atoms. The zero-order chi connectivity index (χ0) is 10.3. The molecule has 1 aromatic rings. The Balaban J connectivity index is 0.000000310. The molecule has 0 bridgehead atoms. The van der Waals surface area contributed by atoms with Crippen LogP contribution < -0.4 is 5.32 Å². The molecule has 1 aromatic heterocycles. The predicted octanol–water partition coefficient (Wildman–Crippen LogP) is 0.431. The summed E-state index contributed by atoms with van der Waals surface area (Å²) in [4.78, 5) is 12.9. The molecule has 0 atom stereocenters. The van der Waals surface area contributed by atoms with Gasteiger partial charge >= 0.3 is 0 Å². The lowest BCUT2D eigenvalue weighted by molar-refractivity contribution is -0.134. The number of anilines is 1. The first-order valence-electron chi connectivity index (χ1n) is 3.86. The van der Waals surface area contributed by atoms with Crippen LogP contribution in [0.4, 0.5) is 5.95 Å². The average Bonchev–Trinajstić information content (AvgIpc) is 2.49. The Bertz CT molecular complexity index is 236. The van der Waals surface area contributed by atoms with Crippen molar-refractivity contribution in [3.8, 4) is 0 Å². The van der Waals surface area contributed by atoms with E-state index in [-0.39, 0.29) is 0 Å². The molecule has 6 nitrogen and oxygen atoms in total. The topological polar surface area (TPSA) is 80.0 Å². The van der Waals surface area contributed by atoms with Gasteiger partial charge in [0.2, 0.25) is 5.95 Å². The highest BCUT2D eigenvalue weighted by Gasteiger charge is 1.95. The third kappa shape index (κ3) is 4.78. The van der Waals surface area contributed by atoms with E-state index in [9.17, 15) is 0 Å². The van der Waals surface area contributed by atoms with E-state index in [2.05, 4.69) is 15.4 Å². The SMILES string of the molecule is CC(=O)O.CCn1ncnc1NC. The Morgan fingerprint density at radius 1 is 1.77 bits per heavy atom. The Hall–Kier alpha value is -1.59. The first kappa shape index (κ1) is 11.4. The molecule has 0 unspecified atom stereocenters. The third-order valence-corrected chi connectivity index (χ3v) is 1.14. The fourth-order valence-corrected chi connectivity index (χ4v) is 0.689. The van der Waals surface area contributed by atoms with Crippen molar-refractivity contribution < 1.29 is 9.90 Å². The Labute approximate surface area is 76.6 Å². The Morgan fingerprint density at radius 3 is 2.62 bits per heavy atom. The van der Waals surface area contributed by atoms with Crippen molar-refractivity contribution in [2.24, 2.45) is 0 Å². The quantitative estimate of drug-likeness (QED) is 0.700. The van der Waals surface area contributed by atoms with Crippen LogP contribution in [0.3, 0.4) is 0 Å². The number of aliphatic carboxylic acids is 1. The Morgan fingerprint density at radius 2 is 2.31 bits per heavy atom. The molecule has 1 heterocycles. The molecule has 0 aliphatic rings. The summed E-state index contributed by atoms with van der Waals surface area (Å²) in [6.45, 7) is 3.96. The van der Waals surface area contributed by atoms with Crippen LogP contribution in [-0.2, 0) is 11.3 Å². The van der Waals surface area contributed by atoms with Crippen LogP contribution in [0.1, 0.15) is 13.8 Å². The van der Waals surface area contributed by atoms with Crippen molar-refractivity contribution in [1.29, 1.82) is 0 Å². The zero-order valence-corrected chi connectivity index (χ0v) is 7.98. The van der Waals surface area contributed by atoms with Crippen molar-refractivity contribution in [2.75, 3.05) is 12.4 Å². The minimum atomic E-state index is -0.833. The van der Waals surface area contributed by atoms with Crippen molar-refractivity contribution in [2.45, 2.75) is 20.4 Å². The first-order chi connectivity index (χ1) is 6.11. The molecule has 6 heteroatoms. The molecule has 0 aromatic carbocycles. The molecule has 13 heavy (non-hydrogen) atoms. The number of nitrogens with one attached hydrogen (secondary N) is 1. The molecule has 0 amide bonds. The number of carbonyl (C=O) groups is 1. The summed E-state index contributed by atoms with van der Waals surface area (Å²) in [5.74, 6) is -0.0162. The van der Waals surface area contributed by atoms with Crippen molar-refractivity contribution >= 4 is 11.9 Å². The molecule has 74 valence electrons. The highest BCUT2D eigenvalue weighted by molar-refractivity contribution is 5.62. The van der Waals surface area contributed by atoms with Gasteiger partial charge in [-0.2, -0.15) is 10.1 Å². The normalized spacial score (nSPS) is 8.54. The standard InChI is InChI=1S/C5H10N4.C2H4O2/c1-3-9-5(6-2)7-4-8-9;1-2(3)4/h4H,3H2,1-2H3,(H,6,7,8);1H3,(H,3,4). The highest BCUT2D eigenvalue weighted by atomic mass is 16.4. The lowest BCUT2D eigenvalue weighted by atomic mass is 10.7. The lowest BCUT2D eigenvalue weighted by Crippen LogP contribution is -2.02. The van der Waals surface area contributed by atoms with Gasteiger partial charge in [-0.15, -0.1) is 0 Å². The fraction of sp³-hybridized carbons (Fsp3) is 0.571. The highest BCUT2D eigenvalue weighted by Crippen LogP contribution is 1.96. The van der Waals surface area contributed by atoms with Crippen LogP contribution in [0.2, 0.25) is 0 Å². The first-order valence-corrected chi connectivity index (χ1v) is 3.86. The average molecular weight is 186 g/mol. The van der Waals surface area contributed by atoms with Gasteiger partial charge in [0, 0.05) is 20.5 Å². The van der Waals surface area contributed by atoms with Crippen molar-refractivity contribution in [3.05, 3.63) is 6.33 Å². The van der Waals surface area contributed by atoms with Gasteiger partial charge in [0.1, 0.15) is 6.33 Å². The molecule has 0 fully saturated rings. The van der Waals surface area contributed by atoms with E-state index in [0.29, 0.717) is 0 Å². The summed E-state index contributed by atoms with van der Waals surface area (Å²) in [7, 11) is 1.83. The van der Waals surface area contributed by atoms with Gasteiger partial charge in [0.05, 0.1) is 0 Å². The van der Waals surface area contributed by atoms with E-state index in [4.69, 9.17) is 9.90 Å². The fourth-order valence-electron chi connectivity index (χ4n) is 0.689. The third-order valence-electron chi connectivity index (χ3n) is 1.14. The van der Waals surface area contributed by atoms with Crippen LogP contribution in [0.25, 0.3) is 0 Å². The summed E-state index contributed by atoms with van der Waals surface area (Å²) in [6.07, 6.45) is 1.54. The van der Waals surface area contributed by atoms with Crippen LogP contribution in [-0.4, -0.2) is 32.9 Å². The number of carboxylic acid groups (broad SMARTS) is 1. The van der Waals surface area contributed by atoms with E-state index in [1.165, 1.54) is 6.33 Å². The summed E-state index contributed by atoms with van der Waals surface area (Å²) >= 11 is 0. The van der Waals surface area contributed by atoms with Crippen molar-refractivity contribution in [3.63, 3.8) is 0 Å². The van der Waals surface area contributed by atoms with Gasteiger partial charge in [0.25, 0.3) is 5.97 Å². The van der Waals surface area contributed by atoms with Gasteiger partial charge in [-0.3, -0.25) is 4.79 Å². The molecular weight excluding hydrogens is 172 g/mol. The maximum absolute atomic E-state index is 9.00. The van der Waals surface area contributed by atoms with E-state index in [1.807, 2.05) is 14.0 Å². The second-order valence-corrected chi connectivity index (χ2v) is 2.17. The monoisotopic (exact) mass is 186 g/mol. The summed E-state index contributed by atoms with van der Waals surface area (Å²) < 4.78 is 1.79. The second-order valence-electron chi connectivity index (χ2n) is 2.17. The maximum Gasteiger partial charge on any atom is 0.300 e. The Kier molecular flexibility index (Phi) is 5.25. The molecule has 0 radical (unpaired) electrons. The van der Waals surface area contributed by atoms with E-state index in [0.717, 1.165) is 19.4 Å². The number of nitrogens with zero attached hydrogens (tertiary/aromatic N) is 3. The number of rotatable bonds is 2. The summed E-state index contributed by atoms with van der Waals surface area (Å²) in [5.41, 5.74) is 0. The van der Waals surface area contributed by atoms with Crippen molar-refractivity contribution in [1.82, 2.24) is 14.8 Å². The summed E-state index contributed by atoms with van der Waals surface area (Å²) in [6, 6.07) is 0. The number of hydrogen-bond acceptors (Lipinski definition) is 4. The number of aromatic nitrogens is 3. The molecule has 0 aliphatic heterocycles.